The molecule has 114 valence electrons. The van der Waals surface area contributed by atoms with E-state index in [9.17, 15) is 14.9 Å². The van der Waals surface area contributed by atoms with Crippen LogP contribution in [-0.2, 0) is 4.79 Å². The van der Waals surface area contributed by atoms with Crippen molar-refractivity contribution in [3.8, 4) is 11.5 Å². The van der Waals surface area contributed by atoms with E-state index in [4.69, 9.17) is 9.47 Å². The van der Waals surface area contributed by atoms with E-state index in [1.54, 1.807) is 0 Å². The van der Waals surface area contributed by atoms with Crippen LogP contribution in [0.5, 0.6) is 11.5 Å². The van der Waals surface area contributed by atoms with Crippen LogP contribution in [0.4, 0.5) is 5.69 Å². The van der Waals surface area contributed by atoms with E-state index in [0.29, 0.717) is 5.75 Å². The number of esters is 1. The first-order valence-corrected chi connectivity index (χ1v) is 7.29. The highest BCUT2D eigenvalue weighted by Gasteiger charge is 2.19. The summed E-state index contributed by atoms with van der Waals surface area (Å²) in [6, 6.07) is 13.4. The third-order valence-electron chi connectivity index (χ3n) is 2.69. The normalized spacial score (nSPS) is 10.0. The fourth-order valence-electron chi connectivity index (χ4n) is 1.66. The lowest BCUT2D eigenvalue weighted by molar-refractivity contribution is -0.385. The molecule has 0 atom stereocenters. The molecule has 0 saturated carbocycles. The molecule has 0 fully saturated rings. The average Bonchev–Trinajstić information content (AvgIpc) is 2.54. The topological polar surface area (TPSA) is 78.7 Å². The molecule has 0 unspecified atom stereocenters. The second kappa shape index (κ2) is 7.46. The predicted octanol–water partition coefficient (Wildman–Crippen LogP) is 3.30. The van der Waals surface area contributed by atoms with E-state index in [-0.39, 0.29) is 17.2 Å². The van der Waals surface area contributed by atoms with Crippen LogP contribution in [0.15, 0.2) is 53.4 Å². The van der Waals surface area contributed by atoms with Crippen molar-refractivity contribution in [3.63, 3.8) is 0 Å². The Morgan fingerprint density at radius 1 is 1.23 bits per heavy atom. The van der Waals surface area contributed by atoms with E-state index in [2.05, 4.69) is 0 Å². The number of methoxy groups -OCH3 is 1. The monoisotopic (exact) mass is 319 g/mol. The number of benzene rings is 2. The molecule has 0 radical (unpaired) electrons. The Morgan fingerprint density at radius 2 is 1.95 bits per heavy atom. The molecule has 0 N–H and O–H groups in total. The van der Waals surface area contributed by atoms with E-state index in [1.807, 2.05) is 30.3 Å². The van der Waals surface area contributed by atoms with Crippen molar-refractivity contribution in [1.29, 1.82) is 0 Å². The standard InChI is InChI=1S/C15H13NO5S/c1-20-11-7-8-14(13(9-11)16(18)19)21-15(17)10-22-12-5-3-2-4-6-12/h2-9H,10H2,1H3. The predicted molar refractivity (Wildman–Crippen MR) is 82.4 cm³/mol. The summed E-state index contributed by atoms with van der Waals surface area (Å²) in [4.78, 5) is 23.1. The fraction of sp³-hybridized carbons (Fsp3) is 0.133. The molecule has 2 rings (SSSR count). The van der Waals surface area contributed by atoms with Gasteiger partial charge in [-0.25, -0.2) is 0 Å². The van der Waals surface area contributed by atoms with Gasteiger partial charge < -0.3 is 9.47 Å². The number of thioether (sulfide) groups is 1. The van der Waals surface area contributed by atoms with Gasteiger partial charge in [0.2, 0.25) is 5.75 Å². The molecule has 0 amide bonds. The van der Waals surface area contributed by atoms with Crippen molar-refractivity contribution >= 4 is 23.4 Å². The third-order valence-corrected chi connectivity index (χ3v) is 3.67. The molecule has 0 heterocycles. The molecule has 0 aromatic heterocycles. The molecular formula is C15H13NO5S. The second-order valence-electron chi connectivity index (χ2n) is 4.17. The van der Waals surface area contributed by atoms with Gasteiger partial charge in [-0.1, -0.05) is 18.2 Å². The number of nitro groups is 1. The minimum absolute atomic E-state index is 0.0627. The number of hydrogen-bond acceptors (Lipinski definition) is 6. The summed E-state index contributed by atoms with van der Waals surface area (Å²) < 4.78 is 9.99. The number of rotatable bonds is 6. The largest absolute Gasteiger partial charge is 0.496 e. The quantitative estimate of drug-likeness (QED) is 0.267. The summed E-state index contributed by atoms with van der Waals surface area (Å²) in [5.74, 6) is -0.260. The summed E-state index contributed by atoms with van der Waals surface area (Å²) >= 11 is 1.30. The zero-order valence-electron chi connectivity index (χ0n) is 11.7. The number of ether oxygens (including phenoxy) is 2. The number of nitro benzene ring substituents is 1. The fourth-order valence-corrected chi connectivity index (χ4v) is 2.36. The first kappa shape index (κ1) is 15.8. The Labute approximate surface area is 131 Å². The maximum atomic E-state index is 11.8. The molecule has 6 nitrogen and oxygen atoms in total. The molecule has 2 aromatic carbocycles. The van der Waals surface area contributed by atoms with Crippen LogP contribution in [0.1, 0.15) is 0 Å². The lowest BCUT2D eigenvalue weighted by Gasteiger charge is -2.06. The van der Waals surface area contributed by atoms with Gasteiger partial charge in [0.15, 0.2) is 0 Å². The first-order valence-electron chi connectivity index (χ1n) is 6.31. The van der Waals surface area contributed by atoms with E-state index in [0.717, 1.165) is 4.90 Å². The summed E-state index contributed by atoms with van der Waals surface area (Å²) in [5.41, 5.74) is -0.308. The first-order chi connectivity index (χ1) is 10.6. The molecule has 7 heteroatoms. The van der Waals surface area contributed by atoms with E-state index in [1.165, 1.54) is 37.1 Å². The van der Waals surface area contributed by atoms with Crippen LogP contribution in [0.2, 0.25) is 0 Å². The summed E-state index contributed by atoms with van der Waals surface area (Å²) in [6.07, 6.45) is 0. The van der Waals surface area contributed by atoms with Gasteiger partial charge in [-0.2, -0.15) is 0 Å². The molecule has 0 bridgehead atoms. The van der Waals surface area contributed by atoms with Crippen molar-refractivity contribution in [2.45, 2.75) is 4.90 Å². The zero-order valence-corrected chi connectivity index (χ0v) is 12.5. The van der Waals surface area contributed by atoms with Crippen LogP contribution >= 0.6 is 11.8 Å². The highest BCUT2D eigenvalue weighted by molar-refractivity contribution is 8.00. The second-order valence-corrected chi connectivity index (χ2v) is 5.22. The number of carbonyl (C=O) groups excluding carboxylic acids is 1. The van der Waals surface area contributed by atoms with Crippen LogP contribution in [-0.4, -0.2) is 23.8 Å². The minimum Gasteiger partial charge on any atom is -0.496 e. The maximum Gasteiger partial charge on any atom is 0.321 e. The van der Waals surface area contributed by atoms with Gasteiger partial charge in [0.25, 0.3) is 0 Å². The summed E-state index contributed by atoms with van der Waals surface area (Å²) in [6.45, 7) is 0. The van der Waals surface area contributed by atoms with Crippen molar-refractivity contribution in [1.82, 2.24) is 0 Å². The smallest absolute Gasteiger partial charge is 0.321 e. The number of hydrogen-bond donors (Lipinski definition) is 0. The van der Waals surface area contributed by atoms with Gasteiger partial charge in [-0.05, 0) is 24.3 Å². The average molecular weight is 319 g/mol. The molecule has 0 aliphatic carbocycles. The Hall–Kier alpha value is -2.54. The molecule has 22 heavy (non-hydrogen) atoms. The van der Waals surface area contributed by atoms with Crippen molar-refractivity contribution in [3.05, 3.63) is 58.6 Å². The number of carbonyl (C=O) groups is 1. The Kier molecular flexibility index (Phi) is 5.37. The molecular weight excluding hydrogens is 306 g/mol. The molecule has 2 aromatic rings. The molecule has 0 spiro atoms. The summed E-state index contributed by atoms with van der Waals surface area (Å²) in [7, 11) is 1.40. The minimum atomic E-state index is -0.616. The summed E-state index contributed by atoms with van der Waals surface area (Å²) in [5, 5.41) is 11.0. The lowest BCUT2D eigenvalue weighted by atomic mass is 10.3. The van der Waals surface area contributed by atoms with Gasteiger partial charge in [0.05, 0.1) is 23.9 Å². The SMILES string of the molecule is COc1ccc(OC(=O)CSc2ccccc2)c([N+](=O)[O-])c1. The third kappa shape index (κ3) is 4.23. The Balaban J connectivity index is 2.03. The molecule has 0 aliphatic rings. The van der Waals surface area contributed by atoms with Gasteiger partial charge in [0.1, 0.15) is 5.75 Å². The Bertz CT molecular complexity index is 675. The lowest BCUT2D eigenvalue weighted by Crippen LogP contribution is -2.11. The van der Waals surface area contributed by atoms with Crippen molar-refractivity contribution < 1.29 is 19.2 Å². The van der Waals surface area contributed by atoms with Crippen molar-refractivity contribution in [2.24, 2.45) is 0 Å². The van der Waals surface area contributed by atoms with Crippen molar-refractivity contribution in [2.75, 3.05) is 12.9 Å². The van der Waals surface area contributed by atoms with E-state index >= 15 is 0 Å². The maximum absolute atomic E-state index is 11.8. The highest BCUT2D eigenvalue weighted by Crippen LogP contribution is 2.31. The van der Waals surface area contributed by atoms with Crippen LogP contribution in [0.3, 0.4) is 0 Å². The van der Waals surface area contributed by atoms with Crippen LogP contribution < -0.4 is 9.47 Å². The van der Waals surface area contributed by atoms with Crippen LogP contribution in [0, 0.1) is 10.1 Å². The number of nitrogens with zero attached hydrogens (tertiary/aromatic N) is 1. The molecule has 0 aliphatic heterocycles. The Morgan fingerprint density at radius 3 is 2.59 bits per heavy atom. The van der Waals surface area contributed by atoms with Gasteiger partial charge in [-0.15, -0.1) is 11.8 Å². The van der Waals surface area contributed by atoms with E-state index < -0.39 is 10.9 Å². The molecule has 0 saturated heterocycles. The highest BCUT2D eigenvalue weighted by atomic mass is 32.2. The van der Waals surface area contributed by atoms with Crippen LogP contribution in [0.25, 0.3) is 0 Å². The zero-order chi connectivity index (χ0) is 15.9. The van der Waals surface area contributed by atoms with Gasteiger partial charge >= 0.3 is 11.7 Å². The van der Waals surface area contributed by atoms with Gasteiger partial charge in [0, 0.05) is 4.90 Å². The van der Waals surface area contributed by atoms with Gasteiger partial charge in [-0.3, -0.25) is 14.9 Å².